The molecule has 134 valence electrons. The Kier molecular flexibility index (Phi) is 5.68. The number of nitrogens with zero attached hydrogens (tertiary/aromatic N) is 3. The predicted molar refractivity (Wildman–Crippen MR) is 95.4 cm³/mol. The van der Waals surface area contributed by atoms with Crippen LogP contribution in [0.2, 0.25) is 0 Å². The molecule has 0 bridgehead atoms. The van der Waals surface area contributed by atoms with E-state index in [9.17, 15) is 4.79 Å². The van der Waals surface area contributed by atoms with Crippen molar-refractivity contribution in [3.05, 3.63) is 41.5 Å². The molecule has 0 aliphatic carbocycles. The minimum Gasteiger partial charge on any atom is -0.493 e. The average Bonchev–Trinajstić information content (AvgIpc) is 2.85. The Morgan fingerprint density at radius 2 is 2.12 bits per heavy atom. The molecule has 3 rings (SSSR count). The van der Waals surface area contributed by atoms with Crippen LogP contribution < -0.4 is 10.1 Å². The van der Waals surface area contributed by atoms with Crippen LogP contribution in [0.4, 0.5) is 0 Å². The van der Waals surface area contributed by atoms with E-state index in [1.54, 1.807) is 0 Å². The molecular formula is C19H26N4O2. The Hall–Kier alpha value is -2.37. The summed E-state index contributed by atoms with van der Waals surface area (Å²) >= 11 is 0. The van der Waals surface area contributed by atoms with E-state index in [4.69, 9.17) is 4.74 Å². The van der Waals surface area contributed by atoms with Gasteiger partial charge in [-0.1, -0.05) is 24.6 Å². The van der Waals surface area contributed by atoms with Gasteiger partial charge in [0, 0.05) is 13.0 Å². The molecule has 0 radical (unpaired) electrons. The van der Waals surface area contributed by atoms with Crippen LogP contribution in [0.25, 0.3) is 0 Å². The Bertz CT molecular complexity index is 726. The van der Waals surface area contributed by atoms with Gasteiger partial charge in [-0.3, -0.25) is 4.79 Å². The molecule has 1 aromatic carbocycles. The van der Waals surface area contributed by atoms with Crippen molar-refractivity contribution in [1.29, 1.82) is 0 Å². The minimum atomic E-state index is -0.148. The first-order valence-corrected chi connectivity index (χ1v) is 9.05. The van der Waals surface area contributed by atoms with Crippen LogP contribution >= 0.6 is 0 Å². The predicted octanol–water partition coefficient (Wildman–Crippen LogP) is 2.96. The Morgan fingerprint density at radius 1 is 1.28 bits per heavy atom. The van der Waals surface area contributed by atoms with Crippen molar-refractivity contribution >= 4 is 5.91 Å². The number of hydrogen-bond acceptors (Lipinski definition) is 4. The van der Waals surface area contributed by atoms with Gasteiger partial charge in [-0.05, 0) is 38.3 Å². The van der Waals surface area contributed by atoms with Crippen LogP contribution in [-0.2, 0) is 17.8 Å². The van der Waals surface area contributed by atoms with Crippen LogP contribution in [0.15, 0.2) is 24.3 Å². The van der Waals surface area contributed by atoms with Crippen molar-refractivity contribution in [2.45, 2.75) is 58.5 Å². The van der Waals surface area contributed by atoms with Crippen molar-refractivity contribution < 1.29 is 9.53 Å². The highest BCUT2D eigenvalue weighted by molar-refractivity contribution is 5.76. The summed E-state index contributed by atoms with van der Waals surface area (Å²) in [6.07, 6.45) is 4.81. The number of fused-ring (bicyclic) bond motifs is 1. The fourth-order valence-electron chi connectivity index (χ4n) is 3.18. The highest BCUT2D eigenvalue weighted by Crippen LogP contribution is 2.19. The number of aryl methyl sites for hydroxylation is 2. The summed E-state index contributed by atoms with van der Waals surface area (Å²) in [7, 11) is 0. The number of rotatable bonds is 6. The normalized spacial score (nSPS) is 15.1. The van der Waals surface area contributed by atoms with Crippen LogP contribution in [0.3, 0.4) is 0 Å². The third kappa shape index (κ3) is 4.38. The Balaban J connectivity index is 1.51. The average molecular weight is 342 g/mol. The highest BCUT2D eigenvalue weighted by Gasteiger charge is 2.20. The van der Waals surface area contributed by atoms with Crippen molar-refractivity contribution in [2.24, 2.45) is 0 Å². The molecule has 1 aliphatic heterocycles. The first-order chi connectivity index (χ1) is 12.1. The van der Waals surface area contributed by atoms with E-state index < -0.39 is 0 Å². The lowest BCUT2D eigenvalue weighted by molar-refractivity contribution is -0.122. The van der Waals surface area contributed by atoms with Gasteiger partial charge in [-0.25, -0.2) is 0 Å². The molecule has 0 saturated heterocycles. The van der Waals surface area contributed by atoms with Gasteiger partial charge in [0.2, 0.25) is 5.91 Å². The van der Waals surface area contributed by atoms with Gasteiger partial charge in [0.25, 0.3) is 0 Å². The maximum atomic E-state index is 12.2. The lowest BCUT2D eigenvalue weighted by atomic mass is 10.2. The second kappa shape index (κ2) is 8.14. The molecule has 0 saturated carbocycles. The standard InChI is InChI=1S/C19H26N4O2/c1-14-8-5-6-9-16(14)25-13-11-18(24)20-15(2)19-22-21-17-10-4-3-7-12-23(17)19/h5-6,8-9,15H,3-4,7,10-13H2,1-2H3,(H,20,24)/t15-/m1/s1. The molecular weight excluding hydrogens is 316 g/mol. The monoisotopic (exact) mass is 342 g/mol. The molecule has 0 spiro atoms. The fourth-order valence-corrected chi connectivity index (χ4v) is 3.18. The van der Waals surface area contributed by atoms with Gasteiger partial charge in [-0.15, -0.1) is 10.2 Å². The summed E-state index contributed by atoms with van der Waals surface area (Å²) in [5, 5.41) is 11.6. The highest BCUT2D eigenvalue weighted by atomic mass is 16.5. The molecule has 2 heterocycles. The number of nitrogens with one attached hydrogen (secondary N) is 1. The van der Waals surface area contributed by atoms with E-state index in [-0.39, 0.29) is 11.9 Å². The van der Waals surface area contributed by atoms with Crippen molar-refractivity contribution in [3.8, 4) is 5.75 Å². The van der Waals surface area contributed by atoms with Crippen molar-refractivity contribution in [2.75, 3.05) is 6.61 Å². The first-order valence-electron chi connectivity index (χ1n) is 9.05. The largest absolute Gasteiger partial charge is 0.493 e. The van der Waals surface area contributed by atoms with Gasteiger partial charge in [-0.2, -0.15) is 0 Å². The summed E-state index contributed by atoms with van der Waals surface area (Å²) in [5.41, 5.74) is 1.07. The number of para-hydroxylation sites is 1. The number of amides is 1. The molecule has 6 heteroatoms. The number of carbonyl (C=O) groups is 1. The van der Waals surface area contributed by atoms with Gasteiger partial charge in [0.1, 0.15) is 11.6 Å². The molecule has 1 N–H and O–H groups in total. The van der Waals surface area contributed by atoms with Gasteiger partial charge in [0.15, 0.2) is 5.82 Å². The van der Waals surface area contributed by atoms with E-state index in [0.717, 1.165) is 48.8 Å². The quantitative estimate of drug-likeness (QED) is 0.876. The third-order valence-corrected chi connectivity index (χ3v) is 4.58. The molecule has 25 heavy (non-hydrogen) atoms. The van der Waals surface area contributed by atoms with Gasteiger partial charge >= 0.3 is 0 Å². The van der Waals surface area contributed by atoms with Crippen LogP contribution in [0, 0.1) is 6.92 Å². The number of ether oxygens (including phenoxy) is 1. The zero-order valence-corrected chi connectivity index (χ0v) is 15.0. The van der Waals surface area contributed by atoms with Crippen molar-refractivity contribution in [3.63, 3.8) is 0 Å². The topological polar surface area (TPSA) is 69.0 Å². The summed E-state index contributed by atoms with van der Waals surface area (Å²) in [5.74, 6) is 2.68. The van der Waals surface area contributed by atoms with Gasteiger partial charge < -0.3 is 14.6 Å². The number of aromatic nitrogens is 3. The van der Waals surface area contributed by atoms with E-state index in [2.05, 4.69) is 20.1 Å². The van der Waals surface area contributed by atoms with Crippen LogP contribution in [0.1, 0.15) is 55.9 Å². The summed E-state index contributed by atoms with van der Waals surface area (Å²) < 4.78 is 7.86. The molecule has 6 nitrogen and oxygen atoms in total. The lowest BCUT2D eigenvalue weighted by Crippen LogP contribution is -2.30. The summed E-state index contributed by atoms with van der Waals surface area (Å²) in [4.78, 5) is 12.2. The molecule has 0 fully saturated rings. The Labute approximate surface area is 148 Å². The summed E-state index contributed by atoms with van der Waals surface area (Å²) in [6.45, 7) is 5.26. The zero-order chi connectivity index (χ0) is 17.6. The van der Waals surface area contributed by atoms with E-state index >= 15 is 0 Å². The second-order valence-electron chi connectivity index (χ2n) is 6.59. The fraction of sp³-hybridized carbons (Fsp3) is 0.526. The molecule has 0 unspecified atom stereocenters. The lowest BCUT2D eigenvalue weighted by Gasteiger charge is -2.15. The van der Waals surface area contributed by atoms with E-state index in [0.29, 0.717) is 13.0 Å². The SMILES string of the molecule is Cc1ccccc1OCCC(=O)N[C@H](C)c1nnc2n1CCCCC2. The summed E-state index contributed by atoms with van der Waals surface area (Å²) in [6, 6.07) is 7.67. The second-order valence-corrected chi connectivity index (χ2v) is 6.59. The molecule has 1 aliphatic rings. The minimum absolute atomic E-state index is 0.0351. The molecule has 1 aromatic heterocycles. The van der Waals surface area contributed by atoms with E-state index in [1.165, 1.54) is 6.42 Å². The molecule has 2 aromatic rings. The van der Waals surface area contributed by atoms with E-state index in [1.807, 2.05) is 38.1 Å². The number of hydrogen-bond donors (Lipinski definition) is 1. The van der Waals surface area contributed by atoms with Gasteiger partial charge in [0.05, 0.1) is 19.1 Å². The molecule has 1 amide bonds. The zero-order valence-electron chi connectivity index (χ0n) is 15.0. The number of benzene rings is 1. The Morgan fingerprint density at radius 3 is 2.96 bits per heavy atom. The smallest absolute Gasteiger partial charge is 0.224 e. The molecule has 1 atom stereocenters. The maximum absolute atomic E-state index is 12.2. The first kappa shape index (κ1) is 17.5. The van der Waals surface area contributed by atoms with Crippen LogP contribution in [0.5, 0.6) is 5.75 Å². The third-order valence-electron chi connectivity index (χ3n) is 4.58. The number of carbonyl (C=O) groups excluding carboxylic acids is 1. The van der Waals surface area contributed by atoms with Crippen molar-refractivity contribution in [1.82, 2.24) is 20.1 Å². The van der Waals surface area contributed by atoms with Crippen LogP contribution in [-0.4, -0.2) is 27.3 Å². The maximum Gasteiger partial charge on any atom is 0.224 e.